The van der Waals surface area contributed by atoms with E-state index < -0.39 is 22.3 Å². The fraction of sp³-hybridized carbons (Fsp3) is 0.0909. The Hall–Kier alpha value is -2.70. The highest BCUT2D eigenvalue weighted by Gasteiger charge is 2.31. The molecule has 18 heavy (non-hydrogen) atoms. The van der Waals surface area contributed by atoms with E-state index in [-0.39, 0.29) is 5.69 Å². The molecule has 2 aromatic rings. The lowest BCUT2D eigenvalue weighted by molar-refractivity contribution is -0.384. The minimum atomic E-state index is -1.02. The second kappa shape index (κ2) is 4.28. The first-order valence-corrected chi connectivity index (χ1v) is 5.01. The van der Waals surface area contributed by atoms with Crippen molar-refractivity contribution in [2.24, 2.45) is 5.73 Å². The smallest absolute Gasteiger partial charge is 0.349 e. The maximum Gasteiger partial charge on any atom is 0.349 e. The molecule has 0 aliphatic heterocycles. The zero-order chi connectivity index (χ0) is 13.3. The number of hydrogen-bond donors (Lipinski definition) is 1. The van der Waals surface area contributed by atoms with E-state index in [1.54, 1.807) is 24.3 Å². The van der Waals surface area contributed by atoms with Crippen molar-refractivity contribution in [1.82, 2.24) is 5.16 Å². The van der Waals surface area contributed by atoms with Gasteiger partial charge in [0.05, 0.1) is 4.92 Å². The van der Waals surface area contributed by atoms with E-state index in [9.17, 15) is 14.9 Å². The van der Waals surface area contributed by atoms with Gasteiger partial charge in [-0.1, -0.05) is 35.0 Å². The lowest BCUT2D eigenvalue weighted by atomic mass is 10.1. The topological polar surface area (TPSA) is 112 Å². The van der Waals surface area contributed by atoms with Crippen LogP contribution in [-0.2, 0) is 0 Å². The molecule has 0 atom stereocenters. The van der Waals surface area contributed by atoms with Gasteiger partial charge in [-0.05, 0) is 6.92 Å². The van der Waals surface area contributed by atoms with Gasteiger partial charge >= 0.3 is 11.4 Å². The number of carbonyl (C=O) groups is 1. The number of benzene rings is 1. The number of primary amides is 1. The summed E-state index contributed by atoms with van der Waals surface area (Å²) in [4.78, 5) is 21.2. The summed E-state index contributed by atoms with van der Waals surface area (Å²) in [5, 5.41) is 14.5. The molecule has 1 heterocycles. The van der Waals surface area contributed by atoms with Crippen molar-refractivity contribution in [2.45, 2.75) is 6.92 Å². The second-order valence-electron chi connectivity index (χ2n) is 3.70. The third kappa shape index (κ3) is 1.93. The highest BCUT2D eigenvalue weighted by Crippen LogP contribution is 2.32. The first-order valence-electron chi connectivity index (χ1n) is 5.01. The first kappa shape index (κ1) is 11.8. The molecule has 0 spiro atoms. The maximum absolute atomic E-state index is 11.0. The number of aromatic nitrogens is 1. The molecule has 1 amide bonds. The van der Waals surface area contributed by atoms with Crippen LogP contribution in [0.1, 0.15) is 16.1 Å². The van der Waals surface area contributed by atoms with Crippen LogP contribution in [0.3, 0.4) is 0 Å². The van der Waals surface area contributed by atoms with Crippen LogP contribution in [0, 0.1) is 17.0 Å². The number of nitrogens with two attached hydrogens (primary N) is 1. The molecule has 7 nitrogen and oxygen atoms in total. The molecule has 0 aliphatic rings. The summed E-state index contributed by atoms with van der Waals surface area (Å²) < 4.78 is 4.64. The van der Waals surface area contributed by atoms with Crippen LogP contribution in [0.15, 0.2) is 28.8 Å². The standard InChI is InChI=1S/C11H9N3O4/c1-6-2-4-7(5-3-6)8-9(14(16)17)10(11(12)15)18-13-8/h2-5H,1H3,(H2,12,15). The van der Waals surface area contributed by atoms with Gasteiger partial charge in [-0.15, -0.1) is 0 Å². The molecule has 2 N–H and O–H groups in total. The summed E-state index contributed by atoms with van der Waals surface area (Å²) in [5.41, 5.74) is 5.97. The van der Waals surface area contributed by atoms with Crippen LogP contribution in [0.2, 0.25) is 0 Å². The SMILES string of the molecule is Cc1ccc(-c2noc(C(N)=O)c2[N+](=O)[O-])cc1. The first-order chi connectivity index (χ1) is 8.50. The lowest BCUT2D eigenvalue weighted by Crippen LogP contribution is -2.11. The Morgan fingerprint density at radius 2 is 2.00 bits per heavy atom. The Labute approximate surface area is 101 Å². The Morgan fingerprint density at radius 3 is 2.50 bits per heavy atom. The van der Waals surface area contributed by atoms with Crippen LogP contribution < -0.4 is 5.73 Å². The van der Waals surface area contributed by atoms with E-state index in [1.165, 1.54) is 0 Å². The third-order valence-corrected chi connectivity index (χ3v) is 2.40. The summed E-state index contributed by atoms with van der Waals surface area (Å²) in [6.07, 6.45) is 0. The largest absolute Gasteiger partial charge is 0.363 e. The van der Waals surface area contributed by atoms with Crippen LogP contribution in [0.25, 0.3) is 11.3 Å². The van der Waals surface area contributed by atoms with E-state index >= 15 is 0 Å². The molecule has 7 heteroatoms. The number of rotatable bonds is 3. The van der Waals surface area contributed by atoms with Crippen molar-refractivity contribution in [3.8, 4) is 11.3 Å². The van der Waals surface area contributed by atoms with Crippen molar-refractivity contribution in [1.29, 1.82) is 0 Å². The molecule has 92 valence electrons. The monoisotopic (exact) mass is 247 g/mol. The molecule has 1 aromatic heterocycles. The molecule has 0 unspecified atom stereocenters. The molecular formula is C11H9N3O4. The molecule has 1 aromatic carbocycles. The number of hydrogen-bond acceptors (Lipinski definition) is 5. The van der Waals surface area contributed by atoms with Gasteiger partial charge in [0.1, 0.15) is 0 Å². The van der Waals surface area contributed by atoms with Gasteiger partial charge < -0.3 is 10.3 Å². The summed E-state index contributed by atoms with van der Waals surface area (Å²) in [6.45, 7) is 1.88. The molecule has 2 rings (SSSR count). The molecule has 0 bridgehead atoms. The van der Waals surface area contributed by atoms with Crippen LogP contribution in [0.5, 0.6) is 0 Å². The summed E-state index contributed by atoms with van der Waals surface area (Å²) in [6, 6.07) is 6.87. The highest BCUT2D eigenvalue weighted by atomic mass is 16.6. The summed E-state index contributed by atoms with van der Waals surface area (Å²) in [5.74, 6) is -1.57. The Balaban J connectivity index is 2.61. The van der Waals surface area contributed by atoms with Crippen molar-refractivity contribution in [3.05, 3.63) is 45.7 Å². The van der Waals surface area contributed by atoms with Gasteiger partial charge in [0.15, 0.2) is 5.69 Å². The number of aryl methyl sites for hydroxylation is 1. The van der Waals surface area contributed by atoms with Gasteiger partial charge in [-0.3, -0.25) is 14.9 Å². The van der Waals surface area contributed by atoms with E-state index in [1.807, 2.05) is 6.92 Å². The zero-order valence-corrected chi connectivity index (χ0v) is 9.41. The van der Waals surface area contributed by atoms with Crippen LogP contribution in [0.4, 0.5) is 5.69 Å². The van der Waals surface area contributed by atoms with Gasteiger partial charge in [0.2, 0.25) is 0 Å². The molecular weight excluding hydrogens is 238 g/mol. The quantitative estimate of drug-likeness (QED) is 0.654. The van der Waals surface area contributed by atoms with Crippen molar-refractivity contribution in [2.75, 3.05) is 0 Å². The third-order valence-electron chi connectivity index (χ3n) is 2.40. The molecule has 0 radical (unpaired) electrons. The minimum Gasteiger partial charge on any atom is -0.363 e. The minimum absolute atomic E-state index is 0.00574. The summed E-state index contributed by atoms with van der Waals surface area (Å²) in [7, 11) is 0. The van der Waals surface area contributed by atoms with Gasteiger partial charge in [0.25, 0.3) is 5.91 Å². The Morgan fingerprint density at radius 1 is 1.39 bits per heavy atom. The fourth-order valence-corrected chi connectivity index (χ4v) is 1.52. The van der Waals surface area contributed by atoms with Crippen molar-refractivity contribution >= 4 is 11.6 Å². The predicted molar refractivity (Wildman–Crippen MR) is 61.8 cm³/mol. The van der Waals surface area contributed by atoms with Gasteiger partial charge in [-0.2, -0.15) is 0 Å². The average molecular weight is 247 g/mol. The average Bonchev–Trinajstić information content (AvgIpc) is 2.74. The maximum atomic E-state index is 11.0. The van der Waals surface area contributed by atoms with E-state index in [0.717, 1.165) is 5.56 Å². The predicted octanol–water partition coefficient (Wildman–Crippen LogP) is 1.66. The second-order valence-corrected chi connectivity index (χ2v) is 3.70. The number of nitrogens with zero attached hydrogens (tertiary/aromatic N) is 2. The normalized spacial score (nSPS) is 10.3. The van der Waals surface area contributed by atoms with Crippen LogP contribution >= 0.6 is 0 Å². The van der Waals surface area contributed by atoms with Crippen LogP contribution in [-0.4, -0.2) is 16.0 Å². The molecule has 0 saturated heterocycles. The molecule has 0 aliphatic carbocycles. The van der Waals surface area contributed by atoms with Crippen molar-refractivity contribution in [3.63, 3.8) is 0 Å². The van der Waals surface area contributed by atoms with Crippen molar-refractivity contribution < 1.29 is 14.2 Å². The number of amides is 1. The fourth-order valence-electron chi connectivity index (χ4n) is 1.52. The zero-order valence-electron chi connectivity index (χ0n) is 9.41. The Bertz CT molecular complexity index is 616. The van der Waals surface area contributed by atoms with E-state index in [0.29, 0.717) is 5.56 Å². The number of carbonyl (C=O) groups excluding carboxylic acids is 1. The number of nitro groups is 1. The molecule has 0 saturated carbocycles. The van der Waals surface area contributed by atoms with E-state index in [4.69, 9.17) is 5.73 Å². The lowest BCUT2D eigenvalue weighted by Gasteiger charge is -1.96. The highest BCUT2D eigenvalue weighted by molar-refractivity contribution is 5.96. The summed E-state index contributed by atoms with van der Waals surface area (Å²) >= 11 is 0. The van der Waals surface area contributed by atoms with Gasteiger partial charge in [0, 0.05) is 5.56 Å². The van der Waals surface area contributed by atoms with E-state index in [2.05, 4.69) is 9.68 Å². The Kier molecular flexibility index (Phi) is 2.80. The van der Waals surface area contributed by atoms with Gasteiger partial charge in [-0.25, -0.2) is 0 Å². The molecule has 0 fully saturated rings.